The lowest BCUT2D eigenvalue weighted by Gasteiger charge is -2.40. The molecule has 2 aromatic carbocycles. The lowest BCUT2D eigenvalue weighted by atomic mass is 10.00. The minimum absolute atomic E-state index is 0.0198. The molecule has 1 aliphatic rings. The first kappa shape index (κ1) is 25.5. The van der Waals surface area contributed by atoms with Crippen LogP contribution in [0.15, 0.2) is 39.5 Å². The van der Waals surface area contributed by atoms with Crippen molar-refractivity contribution in [1.82, 2.24) is 0 Å². The number of ether oxygens (including phenoxy) is 2. The van der Waals surface area contributed by atoms with Crippen LogP contribution in [0.5, 0.6) is 28.7 Å². The topological polar surface area (TPSA) is 234 Å². The third-order valence-corrected chi connectivity index (χ3v) is 5.86. The van der Waals surface area contributed by atoms with Crippen molar-refractivity contribution in [2.75, 3.05) is 0 Å². The van der Waals surface area contributed by atoms with E-state index in [0.717, 1.165) is 24.3 Å². The summed E-state index contributed by atoms with van der Waals surface area (Å²) >= 11 is 0. The van der Waals surface area contributed by atoms with Crippen LogP contribution in [0, 0.1) is 0 Å². The number of hydrogen-bond acceptors (Lipinski definition) is 13. The molecule has 194 valence electrons. The van der Waals surface area contributed by atoms with Crippen LogP contribution in [-0.2, 0) is 19.3 Å². The molecule has 5 atom stereocenters. The predicted octanol–water partition coefficient (Wildman–Crippen LogP) is 0.316. The number of aromatic hydroxyl groups is 4. The van der Waals surface area contributed by atoms with Crippen LogP contribution in [0.2, 0.25) is 0 Å². The van der Waals surface area contributed by atoms with Gasteiger partial charge in [0.25, 0.3) is 0 Å². The van der Waals surface area contributed by atoms with E-state index in [2.05, 4.69) is 4.18 Å². The molecule has 0 aliphatic carbocycles. The molecule has 4 rings (SSSR count). The van der Waals surface area contributed by atoms with Crippen molar-refractivity contribution in [3.8, 4) is 40.1 Å². The number of phenols is 4. The van der Waals surface area contributed by atoms with Crippen LogP contribution < -0.4 is 10.2 Å². The number of aliphatic hydroxyl groups excluding tert-OH is 2. The van der Waals surface area contributed by atoms with Gasteiger partial charge in [0.2, 0.25) is 17.5 Å². The molecule has 0 amide bonds. The lowest BCUT2D eigenvalue weighted by molar-refractivity contribution is -0.263. The summed E-state index contributed by atoms with van der Waals surface area (Å²) < 4.78 is 52.0. The summed E-state index contributed by atoms with van der Waals surface area (Å²) in [5.41, 5.74) is -1.31. The molecule has 14 nitrogen and oxygen atoms in total. The standard InChI is InChI=1S/C21H20O14S/c1-7-18(35-36(29,30)31)16(27)17(28)21(32-7)34-20-15(26)14-12(25)5-9(22)6-13(14)33-19(20)8-2-3-10(23)11(24)4-8/h2-7,16-18,21-25,27-28H,1H3,(H,29,30,31). The fraction of sp³-hybridized carbons (Fsp3) is 0.286. The maximum Gasteiger partial charge on any atom is 0.397 e. The Labute approximate surface area is 201 Å². The van der Waals surface area contributed by atoms with Crippen molar-refractivity contribution in [2.45, 2.75) is 37.6 Å². The number of hydrogen-bond donors (Lipinski definition) is 7. The van der Waals surface area contributed by atoms with Crippen LogP contribution in [0.1, 0.15) is 6.92 Å². The summed E-state index contributed by atoms with van der Waals surface area (Å²) in [4.78, 5) is 13.3. The van der Waals surface area contributed by atoms with Gasteiger partial charge in [-0.25, -0.2) is 4.18 Å². The number of rotatable bonds is 5. The zero-order valence-electron chi connectivity index (χ0n) is 18.2. The fourth-order valence-corrected chi connectivity index (χ4v) is 4.27. The largest absolute Gasteiger partial charge is 0.508 e. The van der Waals surface area contributed by atoms with E-state index in [-0.39, 0.29) is 16.9 Å². The summed E-state index contributed by atoms with van der Waals surface area (Å²) in [6.07, 6.45) is -8.84. The van der Waals surface area contributed by atoms with Crippen molar-refractivity contribution >= 4 is 21.4 Å². The molecule has 2 heterocycles. The molecule has 0 bridgehead atoms. The number of benzene rings is 2. The normalized spacial score (nSPS) is 24.6. The van der Waals surface area contributed by atoms with Crippen molar-refractivity contribution < 1.29 is 61.7 Å². The molecule has 1 fully saturated rings. The molecular formula is C21H20O14S. The predicted molar refractivity (Wildman–Crippen MR) is 118 cm³/mol. The summed E-state index contributed by atoms with van der Waals surface area (Å²) in [5.74, 6) is -3.27. The Balaban J connectivity index is 1.83. The second-order valence-corrected chi connectivity index (χ2v) is 8.98. The van der Waals surface area contributed by atoms with E-state index in [0.29, 0.717) is 0 Å². The molecule has 7 N–H and O–H groups in total. The minimum atomic E-state index is -5.03. The molecule has 3 aromatic rings. The number of fused-ring (bicyclic) bond motifs is 1. The van der Waals surface area contributed by atoms with Crippen molar-refractivity contribution in [3.05, 3.63) is 40.6 Å². The molecule has 0 radical (unpaired) electrons. The fourth-order valence-electron chi connectivity index (χ4n) is 3.72. The van der Waals surface area contributed by atoms with Gasteiger partial charge in [-0.1, -0.05) is 0 Å². The third kappa shape index (κ3) is 4.75. The molecule has 15 heteroatoms. The number of aliphatic hydroxyl groups is 2. The highest BCUT2D eigenvalue weighted by Gasteiger charge is 2.47. The van der Waals surface area contributed by atoms with E-state index < -0.39 is 80.7 Å². The lowest BCUT2D eigenvalue weighted by Crippen LogP contribution is -2.59. The van der Waals surface area contributed by atoms with Crippen LogP contribution in [0.3, 0.4) is 0 Å². The SMILES string of the molecule is CC1OC(Oc2c(-c3ccc(O)c(O)c3)oc3cc(O)cc(O)c3c2=O)C(O)C(O)C1OS(=O)(=O)O. The average molecular weight is 528 g/mol. The molecular weight excluding hydrogens is 508 g/mol. The van der Waals surface area contributed by atoms with Gasteiger partial charge in [-0.15, -0.1) is 0 Å². The van der Waals surface area contributed by atoms with Gasteiger partial charge < -0.3 is 44.5 Å². The van der Waals surface area contributed by atoms with E-state index in [1.54, 1.807) is 0 Å². The zero-order valence-corrected chi connectivity index (χ0v) is 19.0. The van der Waals surface area contributed by atoms with Crippen LogP contribution in [0.25, 0.3) is 22.3 Å². The maximum atomic E-state index is 13.3. The van der Waals surface area contributed by atoms with Gasteiger partial charge >= 0.3 is 10.4 Å². The van der Waals surface area contributed by atoms with Crippen LogP contribution >= 0.6 is 0 Å². The molecule has 36 heavy (non-hydrogen) atoms. The Morgan fingerprint density at radius 2 is 1.64 bits per heavy atom. The maximum absolute atomic E-state index is 13.3. The van der Waals surface area contributed by atoms with E-state index in [1.165, 1.54) is 13.0 Å². The van der Waals surface area contributed by atoms with E-state index >= 15 is 0 Å². The molecule has 1 saturated heterocycles. The van der Waals surface area contributed by atoms with Crippen molar-refractivity contribution in [1.29, 1.82) is 0 Å². The second kappa shape index (κ2) is 9.12. The van der Waals surface area contributed by atoms with Gasteiger partial charge in [0, 0.05) is 17.7 Å². The minimum Gasteiger partial charge on any atom is -0.508 e. The van der Waals surface area contributed by atoms with Gasteiger partial charge in [-0.3, -0.25) is 9.35 Å². The van der Waals surface area contributed by atoms with Crippen molar-refractivity contribution in [2.24, 2.45) is 0 Å². The third-order valence-electron chi connectivity index (χ3n) is 5.40. The highest BCUT2D eigenvalue weighted by Crippen LogP contribution is 2.39. The zero-order chi connectivity index (χ0) is 26.5. The summed E-state index contributed by atoms with van der Waals surface area (Å²) in [6.45, 7) is 1.23. The molecule has 1 aromatic heterocycles. The molecule has 0 spiro atoms. The van der Waals surface area contributed by atoms with Crippen LogP contribution in [-0.4, -0.2) is 74.3 Å². The van der Waals surface area contributed by atoms with Gasteiger partial charge in [0.1, 0.15) is 40.8 Å². The highest BCUT2D eigenvalue weighted by molar-refractivity contribution is 7.80. The quantitative estimate of drug-likeness (QED) is 0.174. The Hall–Kier alpha value is -3.60. The Kier molecular flexibility index (Phi) is 6.46. The van der Waals surface area contributed by atoms with Gasteiger partial charge in [0.05, 0.1) is 6.10 Å². The Morgan fingerprint density at radius 1 is 0.944 bits per heavy atom. The van der Waals surface area contributed by atoms with E-state index in [1.807, 2.05) is 0 Å². The van der Waals surface area contributed by atoms with E-state index in [9.17, 15) is 43.9 Å². The Bertz CT molecular complexity index is 1480. The molecule has 0 saturated carbocycles. The summed E-state index contributed by atoms with van der Waals surface area (Å²) in [6, 6.07) is 5.22. The smallest absolute Gasteiger partial charge is 0.397 e. The highest BCUT2D eigenvalue weighted by atomic mass is 32.3. The second-order valence-electron chi connectivity index (χ2n) is 7.93. The van der Waals surface area contributed by atoms with Gasteiger partial charge in [-0.05, 0) is 25.1 Å². The first-order valence-corrected chi connectivity index (χ1v) is 11.5. The molecule has 1 aliphatic heterocycles. The average Bonchev–Trinajstić information content (AvgIpc) is 2.77. The first-order valence-electron chi connectivity index (χ1n) is 10.2. The molecule has 5 unspecified atom stereocenters. The van der Waals surface area contributed by atoms with E-state index in [4.69, 9.17) is 18.4 Å². The monoisotopic (exact) mass is 528 g/mol. The van der Waals surface area contributed by atoms with Gasteiger partial charge in [-0.2, -0.15) is 8.42 Å². The summed E-state index contributed by atoms with van der Waals surface area (Å²) in [5, 5.41) is 59.9. The first-order chi connectivity index (χ1) is 16.8. The van der Waals surface area contributed by atoms with Crippen molar-refractivity contribution in [3.63, 3.8) is 0 Å². The van der Waals surface area contributed by atoms with Gasteiger partial charge in [0.15, 0.2) is 17.3 Å². The summed E-state index contributed by atoms with van der Waals surface area (Å²) in [7, 11) is -5.03. The number of phenolic OH excluding ortho intramolecular Hbond substituents is 4. The Morgan fingerprint density at radius 3 is 2.28 bits per heavy atom. The van der Waals surface area contributed by atoms with Crippen LogP contribution in [0.4, 0.5) is 0 Å².